The summed E-state index contributed by atoms with van der Waals surface area (Å²) in [7, 11) is 0. The van der Waals surface area contributed by atoms with Crippen LogP contribution in [0.2, 0.25) is 0 Å². The van der Waals surface area contributed by atoms with E-state index in [-0.39, 0.29) is 73.6 Å². The number of amides is 3. The number of carbonyl (C=O) groups is 2. The number of halogens is 3. The van der Waals surface area contributed by atoms with Crippen LogP contribution in [-0.4, -0.2) is 89.1 Å². The summed E-state index contributed by atoms with van der Waals surface area (Å²) in [6, 6.07) is 11.1. The molecule has 43 heavy (non-hydrogen) atoms. The molecule has 3 unspecified atom stereocenters. The maximum absolute atomic E-state index is 13.7. The Morgan fingerprint density at radius 1 is 1.05 bits per heavy atom. The second-order valence-corrected chi connectivity index (χ2v) is 14.0. The fraction of sp³-hybridized carbons (Fsp3) is 0.758. The molecule has 7 nitrogen and oxygen atoms in total. The summed E-state index contributed by atoms with van der Waals surface area (Å²) < 4.78 is 33.0. The van der Waals surface area contributed by atoms with Crippen molar-refractivity contribution >= 4 is 24.3 Å². The SMILES string of the molecule is CC(C)N1C(=O)N(CC2CCOC2)CC12CC1CCC(C2)N1CC[C@H](NC(=O)C1CCC(F)(F)CC1)c1ccccc1.Cl. The lowest BCUT2D eigenvalue weighted by Crippen LogP contribution is -2.60. The summed E-state index contributed by atoms with van der Waals surface area (Å²) in [5.41, 5.74) is 0.940. The van der Waals surface area contributed by atoms with Crippen LogP contribution in [-0.2, 0) is 9.53 Å². The van der Waals surface area contributed by atoms with Crippen molar-refractivity contribution in [3.8, 4) is 0 Å². The van der Waals surface area contributed by atoms with E-state index in [9.17, 15) is 18.4 Å². The van der Waals surface area contributed by atoms with E-state index in [1.165, 1.54) is 0 Å². The van der Waals surface area contributed by atoms with Crippen molar-refractivity contribution < 1.29 is 23.1 Å². The predicted molar refractivity (Wildman–Crippen MR) is 164 cm³/mol. The summed E-state index contributed by atoms with van der Waals surface area (Å²) in [6.45, 7) is 8.32. The zero-order chi connectivity index (χ0) is 29.5. The van der Waals surface area contributed by atoms with E-state index in [0.717, 1.165) is 76.9 Å². The molecule has 1 spiro atoms. The van der Waals surface area contributed by atoms with Gasteiger partial charge in [-0.05, 0) is 70.8 Å². The Bertz CT molecular complexity index is 1090. The van der Waals surface area contributed by atoms with Gasteiger partial charge in [0.1, 0.15) is 0 Å². The van der Waals surface area contributed by atoms with Gasteiger partial charge in [0, 0.05) is 69.0 Å². The van der Waals surface area contributed by atoms with Crippen LogP contribution in [0.1, 0.15) is 89.7 Å². The minimum atomic E-state index is -2.64. The summed E-state index contributed by atoms with van der Waals surface area (Å²) in [4.78, 5) is 33.9. The van der Waals surface area contributed by atoms with Gasteiger partial charge in [-0.3, -0.25) is 9.69 Å². The van der Waals surface area contributed by atoms with E-state index in [2.05, 4.69) is 33.9 Å². The first-order valence-electron chi connectivity index (χ1n) is 16.3. The number of fused-ring (bicyclic) bond motifs is 2. The number of urea groups is 1. The lowest BCUT2D eigenvalue weighted by molar-refractivity contribution is -0.130. The summed E-state index contributed by atoms with van der Waals surface area (Å²) in [5, 5.41) is 3.26. The lowest BCUT2D eigenvalue weighted by Gasteiger charge is -2.49. The van der Waals surface area contributed by atoms with Crippen LogP contribution in [0.15, 0.2) is 30.3 Å². The van der Waals surface area contributed by atoms with Gasteiger partial charge in [0.15, 0.2) is 0 Å². The molecule has 3 amide bonds. The number of rotatable bonds is 9. The highest BCUT2D eigenvalue weighted by atomic mass is 35.5. The molecule has 0 radical (unpaired) electrons. The molecule has 1 N–H and O–H groups in total. The predicted octanol–water partition coefficient (Wildman–Crippen LogP) is 6.03. The van der Waals surface area contributed by atoms with Gasteiger partial charge >= 0.3 is 6.03 Å². The Balaban J connectivity index is 0.00000368. The number of carbonyl (C=O) groups excluding carboxylic acids is 2. The maximum Gasteiger partial charge on any atom is 0.320 e. The molecule has 240 valence electrons. The van der Waals surface area contributed by atoms with Gasteiger partial charge < -0.3 is 19.9 Å². The van der Waals surface area contributed by atoms with Crippen molar-refractivity contribution in [2.45, 2.75) is 114 Å². The molecule has 5 aliphatic rings. The Labute approximate surface area is 261 Å². The second kappa shape index (κ2) is 13.2. The molecule has 4 aliphatic heterocycles. The number of alkyl halides is 2. The number of piperidine rings is 1. The molecule has 10 heteroatoms. The Morgan fingerprint density at radius 3 is 2.33 bits per heavy atom. The minimum Gasteiger partial charge on any atom is -0.381 e. The monoisotopic (exact) mass is 622 g/mol. The average molecular weight is 623 g/mol. The molecule has 1 aliphatic carbocycles. The van der Waals surface area contributed by atoms with E-state index < -0.39 is 5.92 Å². The Hall–Kier alpha value is -1.97. The fourth-order valence-corrected chi connectivity index (χ4v) is 8.79. The second-order valence-electron chi connectivity index (χ2n) is 14.0. The van der Waals surface area contributed by atoms with E-state index in [1.807, 2.05) is 30.3 Å². The van der Waals surface area contributed by atoms with Gasteiger partial charge in [-0.2, -0.15) is 0 Å². The Kier molecular flexibility index (Phi) is 9.94. The van der Waals surface area contributed by atoms with Crippen LogP contribution >= 0.6 is 12.4 Å². The molecule has 4 heterocycles. The van der Waals surface area contributed by atoms with Gasteiger partial charge in [0.25, 0.3) is 0 Å². The van der Waals surface area contributed by atoms with Crippen molar-refractivity contribution in [3.05, 3.63) is 35.9 Å². The van der Waals surface area contributed by atoms with E-state index in [0.29, 0.717) is 18.0 Å². The highest BCUT2D eigenvalue weighted by molar-refractivity contribution is 5.85. The number of nitrogens with zero attached hydrogens (tertiary/aromatic N) is 3. The summed E-state index contributed by atoms with van der Waals surface area (Å²) in [6.07, 6.45) is 6.15. The average Bonchev–Trinajstić information content (AvgIpc) is 3.63. The number of hydrogen-bond donors (Lipinski definition) is 1. The number of hydrogen-bond acceptors (Lipinski definition) is 4. The van der Waals surface area contributed by atoms with Crippen molar-refractivity contribution in [1.29, 1.82) is 0 Å². The first-order chi connectivity index (χ1) is 20.1. The van der Waals surface area contributed by atoms with Gasteiger partial charge in [-0.25, -0.2) is 13.6 Å². The molecule has 4 saturated heterocycles. The van der Waals surface area contributed by atoms with Crippen molar-refractivity contribution in [2.24, 2.45) is 11.8 Å². The molecule has 5 fully saturated rings. The minimum absolute atomic E-state index is 0. The van der Waals surface area contributed by atoms with Crippen molar-refractivity contribution in [3.63, 3.8) is 0 Å². The largest absolute Gasteiger partial charge is 0.381 e. The summed E-state index contributed by atoms with van der Waals surface area (Å²) >= 11 is 0. The zero-order valence-corrected chi connectivity index (χ0v) is 26.5. The summed E-state index contributed by atoms with van der Waals surface area (Å²) in [5.74, 6) is -2.64. The third-order valence-corrected chi connectivity index (χ3v) is 10.8. The van der Waals surface area contributed by atoms with Crippen LogP contribution in [0.4, 0.5) is 13.6 Å². The highest BCUT2D eigenvalue weighted by Gasteiger charge is 2.57. The maximum atomic E-state index is 13.7. The highest BCUT2D eigenvalue weighted by Crippen LogP contribution is 2.48. The smallest absolute Gasteiger partial charge is 0.320 e. The van der Waals surface area contributed by atoms with Gasteiger partial charge in [-0.15, -0.1) is 12.4 Å². The topological polar surface area (TPSA) is 65.1 Å². The van der Waals surface area contributed by atoms with E-state index in [4.69, 9.17) is 4.74 Å². The van der Waals surface area contributed by atoms with Gasteiger partial charge in [0.2, 0.25) is 11.8 Å². The zero-order valence-electron chi connectivity index (χ0n) is 25.7. The van der Waals surface area contributed by atoms with Gasteiger partial charge in [0.05, 0.1) is 18.2 Å². The number of nitrogens with one attached hydrogen (secondary N) is 1. The standard InChI is InChI=1S/C33H48F2N4O3.ClH/c1-23(2)39-31(41)37(20-24-13-17-42-21-24)22-32(39)18-27-8-9-28(19-32)38(27)16-12-29(25-6-4-3-5-7-25)36-30(40)26-10-14-33(34,35)15-11-26;/h3-7,23-24,26-29H,8-22H2,1-2H3,(H,36,40);1H/t24?,27?,28?,29-,32?;/m0./s1. The third kappa shape index (κ3) is 6.84. The third-order valence-electron chi connectivity index (χ3n) is 10.8. The number of benzene rings is 1. The van der Waals surface area contributed by atoms with Crippen molar-refractivity contribution in [1.82, 2.24) is 20.0 Å². The van der Waals surface area contributed by atoms with Crippen LogP contribution in [0.5, 0.6) is 0 Å². The molecule has 2 bridgehead atoms. The van der Waals surface area contributed by atoms with Gasteiger partial charge in [-0.1, -0.05) is 30.3 Å². The molecule has 4 atom stereocenters. The van der Waals surface area contributed by atoms with Crippen molar-refractivity contribution in [2.75, 3.05) is 32.8 Å². The molecule has 1 aromatic rings. The molecular weight excluding hydrogens is 574 g/mol. The van der Waals surface area contributed by atoms with Crippen LogP contribution in [0, 0.1) is 11.8 Å². The first kappa shape index (κ1) is 32.4. The fourth-order valence-electron chi connectivity index (χ4n) is 8.79. The Morgan fingerprint density at radius 2 is 1.72 bits per heavy atom. The lowest BCUT2D eigenvalue weighted by atomic mass is 9.81. The molecular formula is C33H49ClF2N4O3. The first-order valence-corrected chi connectivity index (χ1v) is 16.3. The normalized spacial score (nSPS) is 31.6. The van der Waals surface area contributed by atoms with Crippen LogP contribution in [0.3, 0.4) is 0 Å². The van der Waals surface area contributed by atoms with Crippen LogP contribution < -0.4 is 5.32 Å². The van der Waals surface area contributed by atoms with E-state index >= 15 is 0 Å². The quantitative estimate of drug-likeness (QED) is 0.365. The number of ether oxygens (including phenoxy) is 1. The molecule has 0 aromatic heterocycles. The molecule has 1 saturated carbocycles. The molecule has 6 rings (SSSR count). The molecule has 1 aromatic carbocycles. The van der Waals surface area contributed by atoms with Crippen LogP contribution in [0.25, 0.3) is 0 Å². The van der Waals surface area contributed by atoms with E-state index in [1.54, 1.807) is 0 Å².